The van der Waals surface area contributed by atoms with Crippen LogP contribution in [-0.2, 0) is 19.0 Å². The predicted octanol–water partition coefficient (Wildman–Crippen LogP) is -9.40. The van der Waals surface area contributed by atoms with Gasteiger partial charge >= 0.3 is 35.5 Å². The van der Waals surface area contributed by atoms with E-state index in [0.29, 0.717) is 0 Å². The van der Waals surface area contributed by atoms with Gasteiger partial charge < -0.3 is 65.3 Å². The van der Waals surface area contributed by atoms with Gasteiger partial charge in [0.05, 0.1) is 19.3 Å². The topological polar surface area (TPSA) is 262 Å². The van der Waals surface area contributed by atoms with Gasteiger partial charge in [0.25, 0.3) is 5.79 Å². The van der Waals surface area contributed by atoms with Crippen LogP contribution in [0.2, 0.25) is 0 Å². The molecule has 16 heteroatoms. The number of aliphatic carboxylic acids is 1. The van der Waals surface area contributed by atoms with Crippen molar-refractivity contribution < 1.29 is 99.6 Å². The molecule has 0 saturated carbocycles. The summed E-state index contributed by atoms with van der Waals surface area (Å²) in [6.07, 6.45) is -17.2. The summed E-state index contributed by atoms with van der Waals surface area (Å²) >= 11 is 0. The number of aliphatic hydroxyl groups is 8. The van der Waals surface area contributed by atoms with E-state index in [9.17, 15) is 50.8 Å². The second kappa shape index (κ2) is 12.5. The molecule has 0 bridgehead atoms. The second-order valence-electron chi connectivity index (χ2n) is 7.64. The molecule has 2 aliphatic heterocycles. The van der Waals surface area contributed by atoms with Crippen LogP contribution in [0.3, 0.4) is 0 Å². The maximum atomic E-state index is 12.0. The number of carboxylic acid groups (broad SMARTS) is 1. The summed E-state index contributed by atoms with van der Waals surface area (Å²) in [6, 6.07) is -1.52. The molecule has 9 N–H and O–H groups in total. The first kappa shape index (κ1) is 30.5. The molecule has 0 spiro atoms. The van der Waals surface area contributed by atoms with Crippen LogP contribution in [0.4, 0.5) is 0 Å². The van der Waals surface area contributed by atoms with E-state index in [0.717, 1.165) is 6.92 Å². The molecule has 11 atom stereocenters. The fourth-order valence-corrected chi connectivity index (χ4v) is 3.50. The molecule has 0 aromatic rings. The van der Waals surface area contributed by atoms with Crippen LogP contribution < -0.4 is 34.7 Å². The van der Waals surface area contributed by atoms with Crippen molar-refractivity contribution >= 4 is 11.9 Å². The van der Waals surface area contributed by atoms with Crippen LogP contribution in [0.25, 0.3) is 0 Å². The summed E-state index contributed by atoms with van der Waals surface area (Å²) in [5.41, 5.74) is 0. The van der Waals surface area contributed by atoms with Crippen molar-refractivity contribution in [1.29, 1.82) is 0 Å². The Morgan fingerprint density at radius 3 is 2.30 bits per heavy atom. The van der Waals surface area contributed by atoms with Crippen LogP contribution in [0.5, 0.6) is 0 Å². The number of nitrogens with zero attached hydrogens (tertiary/aromatic N) is 1. The van der Waals surface area contributed by atoms with Gasteiger partial charge in [-0.05, 0) is 12.8 Å². The van der Waals surface area contributed by atoms with Crippen LogP contribution in [0.15, 0.2) is 4.99 Å². The van der Waals surface area contributed by atoms with Crippen molar-refractivity contribution in [2.75, 3.05) is 13.2 Å². The molecule has 0 aliphatic carbocycles. The third-order valence-electron chi connectivity index (χ3n) is 5.28. The minimum atomic E-state index is -2.71. The minimum absolute atomic E-state index is 0. The monoisotopic (exact) mass is 493 g/mol. The molecular formula is C17H28NNaO14. The molecule has 186 valence electrons. The van der Waals surface area contributed by atoms with Gasteiger partial charge in [-0.1, -0.05) is 0 Å². The first-order valence-electron chi connectivity index (χ1n) is 9.64. The molecule has 2 aliphatic rings. The maximum Gasteiger partial charge on any atom is 1.00 e. The Labute approximate surface area is 209 Å². The maximum absolute atomic E-state index is 12.0. The van der Waals surface area contributed by atoms with Gasteiger partial charge in [0.2, 0.25) is 0 Å². The molecule has 0 aromatic heterocycles. The number of aliphatic hydroxyl groups excluding tert-OH is 8. The van der Waals surface area contributed by atoms with E-state index in [-0.39, 0.29) is 29.6 Å². The summed E-state index contributed by atoms with van der Waals surface area (Å²) in [5.74, 6) is -5.31. The number of hydrogen-bond acceptors (Lipinski definition) is 14. The SMILES string of the molecule is CC([O-])=NC1C(O)CC(OCC2OC(O)C(O)C(O)C2O)(C(=O)O)OC1[C@H](O)[C@H](O)CO.[Na+]. The van der Waals surface area contributed by atoms with Crippen molar-refractivity contribution in [2.24, 2.45) is 4.99 Å². The van der Waals surface area contributed by atoms with Crippen LogP contribution in [-0.4, -0.2) is 138 Å². The van der Waals surface area contributed by atoms with Crippen molar-refractivity contribution in [1.82, 2.24) is 0 Å². The molecule has 2 saturated heterocycles. The van der Waals surface area contributed by atoms with Crippen molar-refractivity contribution in [3.8, 4) is 0 Å². The van der Waals surface area contributed by atoms with Crippen LogP contribution in [0.1, 0.15) is 13.3 Å². The zero-order chi connectivity index (χ0) is 24.4. The van der Waals surface area contributed by atoms with E-state index < -0.39 is 98.5 Å². The Bertz CT molecular complexity index is 680. The van der Waals surface area contributed by atoms with E-state index in [1.165, 1.54) is 0 Å². The average Bonchev–Trinajstić information content (AvgIpc) is 2.73. The van der Waals surface area contributed by atoms with Gasteiger partial charge in [0.1, 0.15) is 48.8 Å². The van der Waals surface area contributed by atoms with Gasteiger partial charge in [0, 0.05) is 6.42 Å². The summed E-state index contributed by atoms with van der Waals surface area (Å²) in [6.45, 7) is -0.771. The molecule has 9 unspecified atom stereocenters. The molecule has 0 aromatic carbocycles. The summed E-state index contributed by atoms with van der Waals surface area (Å²) in [5, 5.41) is 99.6. The van der Waals surface area contributed by atoms with Gasteiger partial charge in [-0.25, -0.2) is 4.79 Å². The zero-order valence-electron chi connectivity index (χ0n) is 17.9. The van der Waals surface area contributed by atoms with Crippen LogP contribution in [0, 0.1) is 0 Å². The molecular weight excluding hydrogens is 465 g/mol. The first-order chi connectivity index (χ1) is 14.8. The first-order valence-corrected chi connectivity index (χ1v) is 9.64. The number of carbonyl (C=O) groups is 1. The van der Waals surface area contributed by atoms with E-state index in [1.807, 2.05) is 0 Å². The van der Waals surface area contributed by atoms with Gasteiger partial charge in [-0.2, -0.15) is 0 Å². The number of rotatable bonds is 8. The largest absolute Gasteiger partial charge is 1.00 e. The smallest absolute Gasteiger partial charge is 0.862 e. The molecule has 2 heterocycles. The number of carboxylic acids is 1. The molecule has 15 nitrogen and oxygen atoms in total. The van der Waals surface area contributed by atoms with E-state index in [2.05, 4.69) is 4.99 Å². The molecule has 0 amide bonds. The number of aliphatic imine (C=N–C) groups is 1. The third-order valence-corrected chi connectivity index (χ3v) is 5.28. The Morgan fingerprint density at radius 1 is 1.18 bits per heavy atom. The fraction of sp³-hybridized carbons (Fsp3) is 0.882. The Morgan fingerprint density at radius 2 is 1.79 bits per heavy atom. The molecule has 2 rings (SSSR count). The molecule has 0 radical (unpaired) electrons. The zero-order valence-corrected chi connectivity index (χ0v) is 19.9. The van der Waals surface area contributed by atoms with Crippen molar-refractivity contribution in [2.45, 2.75) is 80.3 Å². The molecule has 33 heavy (non-hydrogen) atoms. The Balaban J connectivity index is 0.00000544. The van der Waals surface area contributed by atoms with Gasteiger partial charge in [0.15, 0.2) is 6.29 Å². The standard InChI is InChI=1S/C17H29NO14.Na/c1-5(20)18-9-6(21)2-17(16(28)29,32-14(9)10(23)7(22)3-19)30-4-8-11(24)12(25)13(26)15(27)31-8;/h6-15,19,21-27H,2-4H2,1H3,(H,18,20)(H,28,29);/q;+1/p-1/t6?,7-,8?,9?,10-,11?,12?,13?,14?,15?,17?;/m1./s1. The van der Waals surface area contributed by atoms with Gasteiger partial charge in [-0.3, -0.25) is 4.99 Å². The third kappa shape index (κ3) is 6.80. The number of ether oxygens (including phenoxy) is 3. The second-order valence-corrected chi connectivity index (χ2v) is 7.64. The van der Waals surface area contributed by atoms with Gasteiger partial charge in [-0.15, -0.1) is 0 Å². The average molecular weight is 493 g/mol. The predicted molar refractivity (Wildman–Crippen MR) is 96.7 cm³/mol. The van der Waals surface area contributed by atoms with Crippen molar-refractivity contribution in [3.05, 3.63) is 0 Å². The van der Waals surface area contributed by atoms with E-state index >= 15 is 0 Å². The van der Waals surface area contributed by atoms with E-state index in [1.54, 1.807) is 0 Å². The fourth-order valence-electron chi connectivity index (χ4n) is 3.50. The number of hydrogen-bond donors (Lipinski definition) is 9. The Hall–Kier alpha value is -0.500. The summed E-state index contributed by atoms with van der Waals surface area (Å²) < 4.78 is 15.5. The quantitative estimate of drug-likeness (QED) is 0.0864. The van der Waals surface area contributed by atoms with Crippen LogP contribution >= 0.6 is 0 Å². The molecule has 2 fully saturated rings. The summed E-state index contributed by atoms with van der Waals surface area (Å²) in [4.78, 5) is 15.6. The Kier molecular flexibility index (Phi) is 11.5. The van der Waals surface area contributed by atoms with Crippen molar-refractivity contribution in [3.63, 3.8) is 0 Å². The normalized spacial score (nSPS) is 41.7. The minimum Gasteiger partial charge on any atom is -0.862 e. The summed E-state index contributed by atoms with van der Waals surface area (Å²) in [7, 11) is 0. The van der Waals surface area contributed by atoms with E-state index in [4.69, 9.17) is 19.3 Å².